The molecule has 0 bridgehead atoms. The predicted molar refractivity (Wildman–Crippen MR) is 81.8 cm³/mol. The fourth-order valence-corrected chi connectivity index (χ4v) is 3.10. The quantitative estimate of drug-likeness (QED) is 0.813. The van der Waals surface area contributed by atoms with E-state index in [-0.39, 0.29) is 12.0 Å². The smallest absolute Gasteiger partial charge is 0.323 e. The summed E-state index contributed by atoms with van der Waals surface area (Å²) in [5.74, 6) is -0.122. The van der Waals surface area contributed by atoms with Crippen LogP contribution < -0.4 is 0 Å². The molecule has 4 heteroatoms. The van der Waals surface area contributed by atoms with E-state index in [9.17, 15) is 4.79 Å². The Morgan fingerprint density at radius 2 is 2.19 bits per heavy atom. The number of fused-ring (bicyclic) bond motifs is 1. The van der Waals surface area contributed by atoms with Gasteiger partial charge in [0.05, 0.1) is 12.6 Å². The Balaban J connectivity index is 1.88. The number of aromatic nitrogens is 1. The van der Waals surface area contributed by atoms with Crippen molar-refractivity contribution < 1.29 is 9.53 Å². The topological polar surface area (TPSA) is 42.4 Å². The molecule has 1 saturated heterocycles. The molecule has 0 spiro atoms. The SMILES string of the molecule is COC(=O)C1CCCCN1Cc1cccc2cccnc12. The Hall–Kier alpha value is -1.94. The first-order chi connectivity index (χ1) is 10.3. The zero-order valence-corrected chi connectivity index (χ0v) is 12.3. The van der Waals surface area contributed by atoms with E-state index in [1.54, 1.807) is 0 Å². The van der Waals surface area contributed by atoms with Crippen LogP contribution in [0.25, 0.3) is 10.9 Å². The van der Waals surface area contributed by atoms with Crippen LogP contribution in [-0.4, -0.2) is 35.5 Å². The maximum Gasteiger partial charge on any atom is 0.323 e. The highest BCUT2D eigenvalue weighted by Gasteiger charge is 2.29. The van der Waals surface area contributed by atoms with Crippen LogP contribution in [0.5, 0.6) is 0 Å². The Labute approximate surface area is 124 Å². The van der Waals surface area contributed by atoms with Crippen molar-refractivity contribution in [1.29, 1.82) is 0 Å². The molecule has 2 aromatic rings. The summed E-state index contributed by atoms with van der Waals surface area (Å²) in [5.41, 5.74) is 2.19. The molecule has 0 amide bonds. The van der Waals surface area contributed by atoms with Crippen molar-refractivity contribution in [1.82, 2.24) is 9.88 Å². The van der Waals surface area contributed by atoms with E-state index in [0.29, 0.717) is 0 Å². The normalized spacial score (nSPS) is 19.6. The molecule has 21 heavy (non-hydrogen) atoms. The number of ether oxygens (including phenoxy) is 1. The molecule has 110 valence electrons. The minimum atomic E-state index is -0.122. The second-order valence-electron chi connectivity index (χ2n) is 5.50. The van der Waals surface area contributed by atoms with Crippen LogP contribution in [0.15, 0.2) is 36.5 Å². The van der Waals surface area contributed by atoms with E-state index in [1.807, 2.05) is 12.3 Å². The van der Waals surface area contributed by atoms with Gasteiger partial charge in [0.15, 0.2) is 0 Å². The van der Waals surface area contributed by atoms with Crippen molar-refractivity contribution in [3.05, 3.63) is 42.1 Å². The van der Waals surface area contributed by atoms with Gasteiger partial charge in [0, 0.05) is 18.1 Å². The van der Waals surface area contributed by atoms with Gasteiger partial charge in [-0.1, -0.05) is 30.7 Å². The van der Waals surface area contributed by atoms with Gasteiger partial charge < -0.3 is 4.74 Å². The van der Waals surface area contributed by atoms with Gasteiger partial charge in [0.1, 0.15) is 6.04 Å². The molecule has 1 atom stereocenters. The van der Waals surface area contributed by atoms with Crippen molar-refractivity contribution in [2.45, 2.75) is 31.8 Å². The van der Waals surface area contributed by atoms with Crippen molar-refractivity contribution in [2.75, 3.05) is 13.7 Å². The van der Waals surface area contributed by atoms with Crippen LogP contribution in [0.2, 0.25) is 0 Å². The molecule has 0 radical (unpaired) electrons. The summed E-state index contributed by atoms with van der Waals surface area (Å²) < 4.78 is 4.95. The first-order valence-electron chi connectivity index (χ1n) is 7.44. The molecule has 2 heterocycles. The third kappa shape index (κ3) is 2.90. The number of pyridine rings is 1. The lowest BCUT2D eigenvalue weighted by Crippen LogP contribution is -2.44. The number of para-hydroxylation sites is 1. The summed E-state index contributed by atoms with van der Waals surface area (Å²) >= 11 is 0. The van der Waals surface area contributed by atoms with Crippen molar-refractivity contribution in [3.8, 4) is 0 Å². The molecule has 1 aliphatic rings. The molecule has 0 aliphatic carbocycles. The van der Waals surface area contributed by atoms with E-state index in [0.717, 1.165) is 43.3 Å². The number of nitrogens with zero attached hydrogens (tertiary/aromatic N) is 2. The first-order valence-corrected chi connectivity index (χ1v) is 7.44. The third-order valence-electron chi connectivity index (χ3n) is 4.18. The molecular weight excluding hydrogens is 264 g/mol. The van der Waals surface area contributed by atoms with Crippen LogP contribution in [0.1, 0.15) is 24.8 Å². The Morgan fingerprint density at radius 3 is 3.05 bits per heavy atom. The van der Waals surface area contributed by atoms with Crippen LogP contribution in [0.3, 0.4) is 0 Å². The summed E-state index contributed by atoms with van der Waals surface area (Å²) in [5, 5.41) is 1.14. The predicted octanol–water partition coefficient (Wildman–Crippen LogP) is 2.76. The number of piperidine rings is 1. The van der Waals surface area contributed by atoms with Crippen LogP contribution in [0.4, 0.5) is 0 Å². The van der Waals surface area contributed by atoms with Gasteiger partial charge in [-0.05, 0) is 31.0 Å². The Morgan fingerprint density at radius 1 is 1.33 bits per heavy atom. The highest BCUT2D eigenvalue weighted by atomic mass is 16.5. The second-order valence-corrected chi connectivity index (χ2v) is 5.50. The summed E-state index contributed by atoms with van der Waals surface area (Å²) in [4.78, 5) is 18.7. The lowest BCUT2D eigenvalue weighted by atomic mass is 10.0. The maximum atomic E-state index is 12.0. The lowest BCUT2D eigenvalue weighted by molar-refractivity contribution is -0.148. The minimum absolute atomic E-state index is 0.122. The molecule has 1 aromatic carbocycles. The number of benzene rings is 1. The molecular formula is C17H20N2O2. The summed E-state index contributed by atoms with van der Waals surface area (Å²) in [7, 11) is 1.47. The van der Waals surface area contributed by atoms with E-state index >= 15 is 0 Å². The van der Waals surface area contributed by atoms with Gasteiger partial charge in [-0.15, -0.1) is 0 Å². The second kappa shape index (κ2) is 6.22. The van der Waals surface area contributed by atoms with Crippen LogP contribution in [0, 0.1) is 0 Å². The number of carbonyl (C=O) groups excluding carboxylic acids is 1. The Bertz CT molecular complexity index is 636. The molecule has 1 aromatic heterocycles. The molecule has 0 N–H and O–H groups in total. The highest BCUT2D eigenvalue weighted by Crippen LogP contribution is 2.23. The standard InChI is InChI=1S/C17H20N2O2/c1-21-17(20)15-9-2-3-11-19(15)12-14-7-4-6-13-8-5-10-18-16(13)14/h4-8,10,15H,2-3,9,11-12H2,1H3. The molecule has 1 fully saturated rings. The summed E-state index contributed by atoms with van der Waals surface area (Å²) in [6, 6.07) is 10.1. The number of carbonyl (C=O) groups is 1. The van der Waals surface area contributed by atoms with Gasteiger partial charge >= 0.3 is 5.97 Å². The van der Waals surface area contributed by atoms with Gasteiger partial charge in [0.25, 0.3) is 0 Å². The average Bonchev–Trinajstić information content (AvgIpc) is 2.55. The number of methoxy groups -OCH3 is 1. The van der Waals surface area contributed by atoms with E-state index in [4.69, 9.17) is 4.74 Å². The number of likely N-dealkylation sites (tertiary alicyclic amines) is 1. The first kappa shape index (κ1) is 14.0. The molecule has 1 aliphatic heterocycles. The summed E-state index contributed by atoms with van der Waals surface area (Å²) in [6.07, 6.45) is 4.92. The van der Waals surface area contributed by atoms with Crippen molar-refractivity contribution in [3.63, 3.8) is 0 Å². The van der Waals surface area contributed by atoms with E-state index in [1.165, 1.54) is 12.7 Å². The lowest BCUT2D eigenvalue weighted by Gasteiger charge is -2.33. The van der Waals surface area contributed by atoms with Gasteiger partial charge in [-0.25, -0.2) is 0 Å². The minimum Gasteiger partial charge on any atom is -0.468 e. The average molecular weight is 284 g/mol. The molecule has 4 nitrogen and oxygen atoms in total. The monoisotopic (exact) mass is 284 g/mol. The number of hydrogen-bond acceptors (Lipinski definition) is 4. The van der Waals surface area contributed by atoms with Gasteiger partial charge in [-0.2, -0.15) is 0 Å². The van der Waals surface area contributed by atoms with Gasteiger partial charge in [-0.3, -0.25) is 14.7 Å². The zero-order valence-electron chi connectivity index (χ0n) is 12.3. The van der Waals surface area contributed by atoms with Crippen molar-refractivity contribution in [2.24, 2.45) is 0 Å². The van der Waals surface area contributed by atoms with Crippen LogP contribution >= 0.6 is 0 Å². The molecule has 3 rings (SSSR count). The molecule has 0 saturated carbocycles. The number of esters is 1. The van der Waals surface area contributed by atoms with Gasteiger partial charge in [0.2, 0.25) is 0 Å². The van der Waals surface area contributed by atoms with Crippen LogP contribution in [-0.2, 0) is 16.1 Å². The summed E-state index contributed by atoms with van der Waals surface area (Å²) in [6.45, 7) is 1.68. The maximum absolute atomic E-state index is 12.0. The largest absolute Gasteiger partial charge is 0.468 e. The number of hydrogen-bond donors (Lipinski definition) is 0. The fourth-order valence-electron chi connectivity index (χ4n) is 3.10. The van der Waals surface area contributed by atoms with E-state index < -0.39 is 0 Å². The zero-order chi connectivity index (χ0) is 14.7. The highest BCUT2D eigenvalue weighted by molar-refractivity contribution is 5.81. The molecule has 1 unspecified atom stereocenters. The van der Waals surface area contributed by atoms with E-state index in [2.05, 4.69) is 34.1 Å². The fraction of sp³-hybridized carbons (Fsp3) is 0.412. The van der Waals surface area contributed by atoms with Crippen molar-refractivity contribution >= 4 is 16.9 Å². The number of rotatable bonds is 3. The Kier molecular flexibility index (Phi) is 4.15. The third-order valence-corrected chi connectivity index (χ3v) is 4.18.